The van der Waals surface area contributed by atoms with Gasteiger partial charge in [0.2, 0.25) is 0 Å². The van der Waals surface area contributed by atoms with Crippen molar-refractivity contribution in [3.05, 3.63) is 34.3 Å². The lowest BCUT2D eigenvalue weighted by molar-refractivity contribution is 0.0957. The highest BCUT2D eigenvalue weighted by molar-refractivity contribution is 7.98. The summed E-state index contributed by atoms with van der Waals surface area (Å²) < 4.78 is 1.96. The van der Waals surface area contributed by atoms with Crippen LogP contribution in [0.2, 0.25) is 0 Å². The van der Waals surface area contributed by atoms with E-state index in [1.807, 2.05) is 23.9 Å². The van der Waals surface area contributed by atoms with Crippen LogP contribution in [0, 0.1) is 0 Å². The molecule has 2 heterocycles. The second-order valence-corrected chi connectivity index (χ2v) is 5.46. The third-order valence-corrected chi connectivity index (χ3v) is 4.51. The summed E-state index contributed by atoms with van der Waals surface area (Å²) in [7, 11) is 1.96. The number of carbonyl (C=O) groups is 1. The van der Waals surface area contributed by atoms with Gasteiger partial charge in [0.15, 0.2) is 5.16 Å². The predicted molar refractivity (Wildman–Crippen MR) is 68.7 cm³/mol. The van der Waals surface area contributed by atoms with Gasteiger partial charge in [-0.15, -0.1) is 11.3 Å². The lowest BCUT2D eigenvalue weighted by Crippen LogP contribution is -2.29. The number of thiophene rings is 1. The number of nitrogens with zero attached hydrogens (tertiary/aromatic N) is 2. The lowest BCUT2D eigenvalue weighted by Gasteiger charge is -1.99. The molecule has 0 aliphatic carbocycles. The summed E-state index contributed by atoms with van der Waals surface area (Å²) in [6.45, 7) is 0. The van der Waals surface area contributed by atoms with Gasteiger partial charge < -0.3 is 4.57 Å². The molecule has 90 valence electrons. The lowest BCUT2D eigenvalue weighted by atomic mass is 10.4. The molecule has 0 aliphatic heterocycles. The van der Waals surface area contributed by atoms with E-state index in [0.717, 1.165) is 15.8 Å². The Hall–Kier alpha value is -1.31. The number of hydrazine groups is 1. The van der Waals surface area contributed by atoms with Crippen molar-refractivity contribution in [2.45, 2.75) is 10.9 Å². The molecule has 0 spiro atoms. The molecule has 1 amide bonds. The molecule has 0 bridgehead atoms. The van der Waals surface area contributed by atoms with Crippen molar-refractivity contribution in [2.75, 3.05) is 0 Å². The Bertz CT molecular complexity index is 520. The van der Waals surface area contributed by atoms with Crippen LogP contribution in [0.5, 0.6) is 0 Å². The van der Waals surface area contributed by atoms with Crippen LogP contribution in [0.15, 0.2) is 29.7 Å². The smallest absolute Gasteiger partial charge is 0.275 e. The number of thioether (sulfide) groups is 1. The van der Waals surface area contributed by atoms with Gasteiger partial charge in [-0.2, -0.15) is 0 Å². The van der Waals surface area contributed by atoms with Gasteiger partial charge in [-0.05, 0) is 12.1 Å². The summed E-state index contributed by atoms with van der Waals surface area (Å²) in [5.74, 6) is 5.62. The molecule has 0 aliphatic rings. The van der Waals surface area contributed by atoms with E-state index in [-0.39, 0.29) is 5.91 Å². The number of rotatable bonds is 4. The second-order valence-electron chi connectivity index (χ2n) is 3.35. The van der Waals surface area contributed by atoms with Gasteiger partial charge in [0.1, 0.15) is 0 Å². The number of nitrogens with one attached hydrogen (secondary N) is 1. The molecule has 0 saturated heterocycles. The Balaban J connectivity index is 1.98. The minimum absolute atomic E-state index is 0.247. The number of hydrogen-bond acceptors (Lipinski definition) is 5. The van der Waals surface area contributed by atoms with Crippen molar-refractivity contribution >= 4 is 29.0 Å². The Kier molecular flexibility index (Phi) is 3.82. The molecular formula is C10H12N4OS2. The van der Waals surface area contributed by atoms with Crippen LogP contribution in [0.4, 0.5) is 0 Å². The summed E-state index contributed by atoms with van der Waals surface area (Å²) in [5.41, 5.74) is 2.12. The summed E-state index contributed by atoms with van der Waals surface area (Å²) in [4.78, 5) is 17.2. The highest BCUT2D eigenvalue weighted by atomic mass is 32.2. The van der Waals surface area contributed by atoms with Gasteiger partial charge in [-0.3, -0.25) is 10.2 Å². The van der Waals surface area contributed by atoms with Crippen molar-refractivity contribution in [1.82, 2.24) is 15.0 Å². The maximum atomic E-state index is 11.3. The van der Waals surface area contributed by atoms with Crippen LogP contribution < -0.4 is 11.3 Å². The largest absolute Gasteiger partial charge is 0.329 e. The predicted octanol–water partition coefficient (Wildman–Crippen LogP) is 1.38. The number of imidazole rings is 1. The van der Waals surface area contributed by atoms with Gasteiger partial charge in [0.25, 0.3) is 5.91 Å². The zero-order valence-electron chi connectivity index (χ0n) is 9.21. The normalized spacial score (nSPS) is 10.5. The minimum Gasteiger partial charge on any atom is -0.329 e. The Labute approximate surface area is 107 Å². The van der Waals surface area contributed by atoms with E-state index >= 15 is 0 Å². The van der Waals surface area contributed by atoms with E-state index in [4.69, 9.17) is 5.84 Å². The van der Waals surface area contributed by atoms with E-state index in [0.29, 0.717) is 4.88 Å². The van der Waals surface area contributed by atoms with Crippen molar-refractivity contribution in [1.29, 1.82) is 0 Å². The average Bonchev–Trinajstić information content (AvgIpc) is 2.94. The molecule has 0 aromatic carbocycles. The van der Waals surface area contributed by atoms with Crippen LogP contribution in [0.25, 0.3) is 0 Å². The summed E-state index contributed by atoms with van der Waals surface area (Å²) in [6.07, 6.45) is 3.67. The molecule has 17 heavy (non-hydrogen) atoms. The van der Waals surface area contributed by atoms with Crippen LogP contribution in [0.1, 0.15) is 14.5 Å². The number of amides is 1. The van der Waals surface area contributed by atoms with Crippen molar-refractivity contribution in [3.63, 3.8) is 0 Å². The van der Waals surface area contributed by atoms with Crippen LogP contribution >= 0.6 is 23.1 Å². The Morgan fingerprint density at radius 3 is 3.12 bits per heavy atom. The number of aromatic nitrogens is 2. The highest BCUT2D eigenvalue weighted by Crippen LogP contribution is 2.25. The number of aryl methyl sites for hydroxylation is 1. The fourth-order valence-electron chi connectivity index (χ4n) is 1.28. The standard InChI is InChI=1S/C10H12N4OS2/c1-14-5-4-12-10(14)16-6-7-2-3-8(17-7)9(15)13-11/h2-5H,6,11H2,1H3,(H,13,15). The highest BCUT2D eigenvalue weighted by Gasteiger charge is 2.08. The maximum absolute atomic E-state index is 11.3. The van der Waals surface area contributed by atoms with Gasteiger partial charge in [0, 0.05) is 30.1 Å². The van der Waals surface area contributed by atoms with E-state index in [1.54, 1.807) is 24.0 Å². The molecule has 3 N–H and O–H groups in total. The molecule has 5 nitrogen and oxygen atoms in total. The molecule has 0 radical (unpaired) electrons. The molecule has 0 saturated carbocycles. The van der Waals surface area contributed by atoms with Crippen molar-refractivity contribution < 1.29 is 4.79 Å². The first kappa shape index (κ1) is 12.2. The Morgan fingerprint density at radius 1 is 1.65 bits per heavy atom. The van der Waals surface area contributed by atoms with Gasteiger partial charge in [-0.25, -0.2) is 10.8 Å². The van der Waals surface area contributed by atoms with Crippen molar-refractivity contribution in [2.24, 2.45) is 12.9 Å². The van der Waals surface area contributed by atoms with Gasteiger partial charge >= 0.3 is 0 Å². The van der Waals surface area contributed by atoms with E-state index < -0.39 is 0 Å². The fourth-order valence-corrected chi connectivity index (χ4v) is 3.16. The fraction of sp³-hybridized carbons (Fsp3) is 0.200. The first-order chi connectivity index (χ1) is 8.20. The van der Waals surface area contributed by atoms with Crippen LogP contribution in [-0.4, -0.2) is 15.5 Å². The summed E-state index contributed by atoms with van der Waals surface area (Å²) >= 11 is 3.08. The third kappa shape index (κ3) is 2.87. The molecule has 2 aromatic heterocycles. The molecular weight excluding hydrogens is 256 g/mol. The number of carbonyl (C=O) groups excluding carboxylic acids is 1. The van der Waals surface area contributed by atoms with Gasteiger partial charge in [-0.1, -0.05) is 11.8 Å². The topological polar surface area (TPSA) is 72.9 Å². The molecule has 2 rings (SSSR count). The van der Waals surface area contributed by atoms with Crippen LogP contribution in [0.3, 0.4) is 0 Å². The third-order valence-electron chi connectivity index (χ3n) is 2.14. The van der Waals surface area contributed by atoms with E-state index in [2.05, 4.69) is 10.4 Å². The van der Waals surface area contributed by atoms with E-state index in [1.165, 1.54) is 11.3 Å². The monoisotopic (exact) mass is 268 g/mol. The van der Waals surface area contributed by atoms with E-state index in [9.17, 15) is 4.79 Å². The van der Waals surface area contributed by atoms with Crippen molar-refractivity contribution in [3.8, 4) is 0 Å². The number of nitrogens with two attached hydrogens (primary N) is 1. The first-order valence-electron chi connectivity index (χ1n) is 4.90. The first-order valence-corrected chi connectivity index (χ1v) is 6.70. The molecule has 2 aromatic rings. The Morgan fingerprint density at radius 2 is 2.47 bits per heavy atom. The summed E-state index contributed by atoms with van der Waals surface area (Å²) in [6, 6.07) is 3.71. The minimum atomic E-state index is -0.247. The number of hydrogen-bond donors (Lipinski definition) is 2. The SMILES string of the molecule is Cn1ccnc1SCc1ccc(C(=O)NN)s1. The van der Waals surface area contributed by atoms with Crippen LogP contribution in [-0.2, 0) is 12.8 Å². The molecule has 0 unspecified atom stereocenters. The second kappa shape index (κ2) is 5.35. The average molecular weight is 268 g/mol. The molecule has 0 atom stereocenters. The maximum Gasteiger partial charge on any atom is 0.275 e. The molecule has 7 heteroatoms. The number of nitrogen functional groups attached to an aromatic ring is 1. The molecule has 0 fully saturated rings. The zero-order chi connectivity index (χ0) is 12.3. The quantitative estimate of drug-likeness (QED) is 0.380. The van der Waals surface area contributed by atoms with Gasteiger partial charge in [0.05, 0.1) is 4.88 Å². The summed E-state index contributed by atoms with van der Waals surface area (Å²) in [5, 5.41) is 0.961. The zero-order valence-corrected chi connectivity index (χ0v) is 10.8.